The fourth-order valence-corrected chi connectivity index (χ4v) is 5.61. The number of nitrogens with zero attached hydrogens (tertiary/aromatic N) is 5. The summed E-state index contributed by atoms with van der Waals surface area (Å²) >= 11 is 0. The molecule has 2 aliphatic carbocycles. The molecular formula is C26H32N8O. The zero-order valence-corrected chi connectivity index (χ0v) is 19.9. The average molecular weight is 473 g/mol. The van der Waals surface area contributed by atoms with Crippen LogP contribution in [-0.2, 0) is 6.54 Å². The number of anilines is 2. The molecule has 0 bridgehead atoms. The van der Waals surface area contributed by atoms with Gasteiger partial charge in [-0.2, -0.15) is 9.97 Å². The van der Waals surface area contributed by atoms with Crippen LogP contribution in [0.4, 0.5) is 11.8 Å². The van der Waals surface area contributed by atoms with Gasteiger partial charge in [-0.25, -0.2) is 4.98 Å². The van der Waals surface area contributed by atoms with E-state index >= 15 is 0 Å². The van der Waals surface area contributed by atoms with Crippen LogP contribution in [0.1, 0.15) is 74.7 Å². The van der Waals surface area contributed by atoms with Crippen LogP contribution in [0.5, 0.6) is 0 Å². The Morgan fingerprint density at radius 3 is 2.54 bits per heavy atom. The Kier molecular flexibility index (Phi) is 5.85. The summed E-state index contributed by atoms with van der Waals surface area (Å²) in [7, 11) is 0. The maximum absolute atomic E-state index is 6.20. The maximum atomic E-state index is 6.20. The molecule has 4 aromatic rings. The van der Waals surface area contributed by atoms with E-state index in [0.29, 0.717) is 30.4 Å². The van der Waals surface area contributed by atoms with Crippen LogP contribution >= 0.6 is 0 Å². The molecule has 0 aliphatic heterocycles. The van der Waals surface area contributed by atoms with Crippen LogP contribution in [0.25, 0.3) is 22.4 Å². The van der Waals surface area contributed by atoms with Gasteiger partial charge in [-0.3, -0.25) is 4.98 Å². The van der Waals surface area contributed by atoms with Crippen LogP contribution in [0.2, 0.25) is 0 Å². The Morgan fingerprint density at radius 2 is 1.83 bits per heavy atom. The largest absolute Gasteiger partial charge is 0.472 e. The summed E-state index contributed by atoms with van der Waals surface area (Å²) in [4.78, 5) is 19.0. The van der Waals surface area contributed by atoms with Gasteiger partial charge in [0.25, 0.3) is 0 Å². The van der Waals surface area contributed by atoms with E-state index in [1.807, 2.05) is 18.3 Å². The molecule has 0 atom stereocenters. The maximum Gasteiger partial charge on any atom is 0.224 e. The van der Waals surface area contributed by atoms with Gasteiger partial charge in [-0.05, 0) is 56.2 Å². The van der Waals surface area contributed by atoms with Crippen molar-refractivity contribution in [3.05, 3.63) is 48.3 Å². The van der Waals surface area contributed by atoms with E-state index in [1.54, 1.807) is 12.5 Å². The molecule has 2 saturated carbocycles. The van der Waals surface area contributed by atoms with Crippen LogP contribution in [-0.4, -0.2) is 30.5 Å². The van der Waals surface area contributed by atoms with Gasteiger partial charge in [0, 0.05) is 36.3 Å². The molecule has 0 unspecified atom stereocenters. The minimum absolute atomic E-state index is 0.268. The van der Waals surface area contributed by atoms with Crippen LogP contribution in [0.3, 0.4) is 0 Å². The van der Waals surface area contributed by atoms with Gasteiger partial charge in [0.2, 0.25) is 5.95 Å². The lowest BCUT2D eigenvalue weighted by molar-refractivity contribution is 0.367. The number of hydrogen-bond donors (Lipinski definition) is 3. The lowest BCUT2D eigenvalue weighted by Gasteiger charge is -2.27. The van der Waals surface area contributed by atoms with Gasteiger partial charge in [0.05, 0.1) is 18.2 Å². The molecule has 5 N–H and O–H groups in total. The molecule has 0 amide bonds. The summed E-state index contributed by atoms with van der Waals surface area (Å²) in [6, 6.07) is 6.67. The molecule has 0 spiro atoms. The van der Waals surface area contributed by atoms with Crippen molar-refractivity contribution in [2.45, 2.75) is 75.9 Å². The summed E-state index contributed by atoms with van der Waals surface area (Å²) in [6.45, 7) is 0.564. The van der Waals surface area contributed by atoms with E-state index in [4.69, 9.17) is 20.9 Å². The number of rotatable bonds is 6. The molecule has 35 heavy (non-hydrogen) atoms. The molecule has 9 nitrogen and oxygen atoms in total. The van der Waals surface area contributed by atoms with Gasteiger partial charge in [0.15, 0.2) is 17.0 Å². The molecule has 182 valence electrons. The topological polar surface area (TPSA) is 134 Å². The average Bonchev–Trinajstić information content (AvgIpc) is 3.64. The second-order valence-electron chi connectivity index (χ2n) is 9.91. The molecule has 0 radical (unpaired) electrons. The summed E-state index contributed by atoms with van der Waals surface area (Å²) in [5.74, 6) is 2.48. The van der Waals surface area contributed by atoms with E-state index < -0.39 is 0 Å². The monoisotopic (exact) mass is 472 g/mol. The normalized spacial score (nSPS) is 21.1. The summed E-state index contributed by atoms with van der Waals surface area (Å²) in [5, 5.41) is 3.45. The van der Waals surface area contributed by atoms with E-state index in [9.17, 15) is 0 Å². The third-order valence-electron chi connectivity index (χ3n) is 7.51. The first-order chi connectivity index (χ1) is 17.2. The number of imidazole rings is 1. The van der Waals surface area contributed by atoms with Crippen molar-refractivity contribution in [2.75, 3.05) is 11.1 Å². The van der Waals surface area contributed by atoms with Crippen molar-refractivity contribution >= 4 is 22.9 Å². The highest BCUT2D eigenvalue weighted by Gasteiger charge is 2.31. The highest BCUT2D eigenvalue weighted by molar-refractivity contribution is 5.85. The van der Waals surface area contributed by atoms with Crippen LogP contribution in [0, 0.1) is 0 Å². The summed E-state index contributed by atoms with van der Waals surface area (Å²) in [5.41, 5.74) is 16.9. The Morgan fingerprint density at radius 1 is 1.00 bits per heavy atom. The molecular weight excluding hydrogens is 440 g/mol. The Hall–Kier alpha value is -3.46. The minimum Gasteiger partial charge on any atom is -0.472 e. The number of hydrogen-bond acceptors (Lipinski definition) is 8. The molecule has 6 rings (SSSR count). The van der Waals surface area contributed by atoms with E-state index in [0.717, 1.165) is 72.3 Å². The van der Waals surface area contributed by atoms with Gasteiger partial charge >= 0.3 is 0 Å². The molecule has 4 aromatic heterocycles. The van der Waals surface area contributed by atoms with Crippen molar-refractivity contribution in [3.8, 4) is 11.3 Å². The number of nitrogens with two attached hydrogens (primary N) is 2. The van der Waals surface area contributed by atoms with Crippen LogP contribution in [0.15, 0.2) is 41.3 Å². The summed E-state index contributed by atoms with van der Waals surface area (Å²) < 4.78 is 7.54. The van der Waals surface area contributed by atoms with Crippen LogP contribution < -0.4 is 16.8 Å². The quantitative estimate of drug-likeness (QED) is 0.365. The van der Waals surface area contributed by atoms with E-state index in [2.05, 4.69) is 30.9 Å². The predicted molar refractivity (Wildman–Crippen MR) is 136 cm³/mol. The van der Waals surface area contributed by atoms with Gasteiger partial charge < -0.3 is 25.8 Å². The first-order valence-corrected chi connectivity index (χ1v) is 12.7. The lowest BCUT2D eigenvalue weighted by Crippen LogP contribution is -2.27. The zero-order valence-electron chi connectivity index (χ0n) is 19.9. The van der Waals surface area contributed by atoms with Crippen molar-refractivity contribution < 1.29 is 4.42 Å². The third kappa shape index (κ3) is 4.36. The van der Waals surface area contributed by atoms with Gasteiger partial charge in [-0.1, -0.05) is 18.9 Å². The third-order valence-corrected chi connectivity index (χ3v) is 7.51. The second kappa shape index (κ2) is 9.30. The number of fused-ring (bicyclic) bond motifs is 1. The fraction of sp³-hybridized carbons (Fsp3) is 0.462. The highest BCUT2D eigenvalue weighted by atomic mass is 16.3. The minimum atomic E-state index is 0.268. The molecule has 4 heterocycles. The Labute approximate surface area is 204 Å². The zero-order chi connectivity index (χ0) is 23.8. The first kappa shape index (κ1) is 22.0. The standard InChI is InChI=1S/C26H32N8O/c27-19-8-6-17(7-9-19)24-31-22-23(32-26(28)33-25(22)34(24)20-3-1-2-4-20)30-14-16-5-10-21(29-13-16)18-11-12-35-15-18/h5,10-13,15,17,19-20H,1-4,6-9,14,27H2,(H3,28,30,32,33). The molecule has 0 aromatic carbocycles. The SMILES string of the molecule is Nc1nc(NCc2ccc(-c3ccoc3)nc2)c2nc(C3CCC(N)CC3)n(C3CCCC3)c2n1. The van der Waals surface area contributed by atoms with E-state index in [1.165, 1.54) is 12.8 Å². The number of nitrogens with one attached hydrogen (secondary N) is 1. The van der Waals surface area contributed by atoms with Crippen molar-refractivity contribution in [1.29, 1.82) is 0 Å². The Bertz CT molecular complexity index is 1280. The number of aromatic nitrogens is 5. The first-order valence-electron chi connectivity index (χ1n) is 12.7. The predicted octanol–water partition coefficient (Wildman–Crippen LogP) is 4.78. The Balaban J connectivity index is 1.32. The van der Waals surface area contributed by atoms with E-state index in [-0.39, 0.29) is 5.95 Å². The molecule has 2 fully saturated rings. The molecule has 2 aliphatic rings. The van der Waals surface area contributed by atoms with Crippen molar-refractivity contribution in [3.63, 3.8) is 0 Å². The van der Waals surface area contributed by atoms with Crippen molar-refractivity contribution in [2.24, 2.45) is 5.73 Å². The molecule has 9 heteroatoms. The van der Waals surface area contributed by atoms with Gasteiger partial charge in [-0.15, -0.1) is 0 Å². The van der Waals surface area contributed by atoms with Gasteiger partial charge in [0.1, 0.15) is 5.82 Å². The second-order valence-corrected chi connectivity index (χ2v) is 9.91. The molecule has 0 saturated heterocycles. The lowest BCUT2D eigenvalue weighted by atomic mass is 9.86. The smallest absolute Gasteiger partial charge is 0.224 e. The highest BCUT2D eigenvalue weighted by Crippen LogP contribution is 2.40. The van der Waals surface area contributed by atoms with Crippen molar-refractivity contribution in [1.82, 2.24) is 24.5 Å². The number of nitrogen functional groups attached to an aromatic ring is 1. The number of furan rings is 1. The fourth-order valence-electron chi connectivity index (χ4n) is 5.61. The number of pyridine rings is 1. The summed E-state index contributed by atoms with van der Waals surface area (Å²) in [6.07, 6.45) is 14.2.